The van der Waals surface area contributed by atoms with E-state index in [2.05, 4.69) is 25.8 Å². The number of hydrogen-bond donors (Lipinski definition) is 3. The first-order valence-electron chi connectivity index (χ1n) is 10.3. The van der Waals surface area contributed by atoms with Gasteiger partial charge in [0.15, 0.2) is 0 Å². The molecule has 0 unspecified atom stereocenters. The number of fused-ring (bicyclic) bond motifs is 2. The van der Waals surface area contributed by atoms with Crippen molar-refractivity contribution in [2.75, 3.05) is 5.32 Å². The zero-order valence-electron chi connectivity index (χ0n) is 17.6. The molecule has 2 aromatic heterocycles. The summed E-state index contributed by atoms with van der Waals surface area (Å²) in [7, 11) is 0. The molecule has 0 saturated carbocycles. The molecule has 0 atom stereocenters. The predicted octanol–water partition coefficient (Wildman–Crippen LogP) is 3.91. The van der Waals surface area contributed by atoms with Crippen LogP contribution in [0, 0.1) is 0 Å². The number of benzene rings is 2. The highest BCUT2D eigenvalue weighted by atomic mass is 16.5. The molecule has 0 radical (unpaired) electrons. The zero-order valence-corrected chi connectivity index (χ0v) is 17.6. The summed E-state index contributed by atoms with van der Waals surface area (Å²) >= 11 is 0. The van der Waals surface area contributed by atoms with Crippen molar-refractivity contribution in [1.82, 2.24) is 20.5 Å². The Hall–Kier alpha value is -4.20. The predicted molar refractivity (Wildman–Crippen MR) is 121 cm³/mol. The smallest absolute Gasteiger partial charge is 0.256 e. The molecule has 2 aromatic carbocycles. The maximum Gasteiger partial charge on any atom is 0.256 e. The van der Waals surface area contributed by atoms with Gasteiger partial charge in [0, 0.05) is 34.8 Å². The maximum absolute atomic E-state index is 12.8. The lowest BCUT2D eigenvalue weighted by atomic mass is 10.1. The van der Waals surface area contributed by atoms with Gasteiger partial charge in [-0.25, -0.2) is 4.98 Å². The van der Waals surface area contributed by atoms with Crippen molar-refractivity contribution in [1.29, 1.82) is 0 Å². The lowest BCUT2D eigenvalue weighted by Gasteiger charge is -2.10. The van der Waals surface area contributed by atoms with E-state index in [-0.39, 0.29) is 17.9 Å². The van der Waals surface area contributed by atoms with Crippen LogP contribution in [0.15, 0.2) is 54.7 Å². The van der Waals surface area contributed by atoms with E-state index in [1.807, 2.05) is 38.1 Å². The van der Waals surface area contributed by atoms with Gasteiger partial charge in [-0.2, -0.15) is 5.10 Å². The number of pyridine rings is 1. The van der Waals surface area contributed by atoms with Gasteiger partial charge in [-0.05, 0) is 61.9 Å². The molecule has 2 amide bonds. The standard InChI is InChI=1S/C24H21N5O3/c1-13(2)32-17-5-6-20-19(11-17)22(29-28-20)14-7-8-25-21(10-14)27-23(30)15-3-4-16-12-26-24(31)18(16)9-15/h3-11,13H,12H2,1-2H3,(H,26,31)(H,28,29)(H,25,27,30). The van der Waals surface area contributed by atoms with Crippen LogP contribution < -0.4 is 15.4 Å². The Morgan fingerprint density at radius 1 is 1.12 bits per heavy atom. The van der Waals surface area contributed by atoms with Gasteiger partial charge in [-0.3, -0.25) is 14.7 Å². The van der Waals surface area contributed by atoms with Gasteiger partial charge in [0.1, 0.15) is 17.3 Å². The van der Waals surface area contributed by atoms with Crippen molar-refractivity contribution in [2.45, 2.75) is 26.5 Å². The van der Waals surface area contributed by atoms with E-state index in [0.29, 0.717) is 23.5 Å². The van der Waals surface area contributed by atoms with E-state index in [4.69, 9.17) is 4.74 Å². The second kappa shape index (κ2) is 7.81. The minimum absolute atomic E-state index is 0.0656. The Kier molecular flexibility index (Phi) is 4.82. The van der Waals surface area contributed by atoms with Crippen molar-refractivity contribution < 1.29 is 14.3 Å². The second-order valence-corrected chi connectivity index (χ2v) is 7.88. The number of ether oxygens (including phenoxy) is 1. The van der Waals surface area contributed by atoms with E-state index in [0.717, 1.165) is 33.5 Å². The number of hydrogen-bond acceptors (Lipinski definition) is 5. The number of carbonyl (C=O) groups is 2. The molecule has 8 heteroatoms. The Bertz CT molecular complexity index is 1360. The Morgan fingerprint density at radius 3 is 2.84 bits per heavy atom. The molecular weight excluding hydrogens is 406 g/mol. The zero-order chi connectivity index (χ0) is 22.2. The highest BCUT2D eigenvalue weighted by Crippen LogP contribution is 2.30. The third-order valence-electron chi connectivity index (χ3n) is 5.24. The largest absolute Gasteiger partial charge is 0.491 e. The molecule has 0 bridgehead atoms. The van der Waals surface area contributed by atoms with Gasteiger partial charge in [0.05, 0.1) is 11.6 Å². The summed E-state index contributed by atoms with van der Waals surface area (Å²) in [6, 6.07) is 14.5. The first-order valence-corrected chi connectivity index (χ1v) is 10.3. The van der Waals surface area contributed by atoms with E-state index < -0.39 is 0 Å². The Balaban J connectivity index is 1.42. The normalized spacial score (nSPS) is 12.7. The number of nitrogens with zero attached hydrogens (tertiary/aromatic N) is 2. The minimum Gasteiger partial charge on any atom is -0.491 e. The van der Waals surface area contributed by atoms with E-state index >= 15 is 0 Å². The molecule has 0 aliphatic carbocycles. The molecule has 1 aliphatic rings. The van der Waals surface area contributed by atoms with Crippen molar-refractivity contribution in [2.24, 2.45) is 0 Å². The summed E-state index contributed by atoms with van der Waals surface area (Å²) in [6.45, 7) is 4.44. The van der Waals surface area contributed by atoms with Crippen LogP contribution in [0.5, 0.6) is 5.75 Å². The van der Waals surface area contributed by atoms with Crippen LogP contribution in [0.1, 0.15) is 40.1 Å². The molecule has 0 spiro atoms. The number of amides is 2. The van der Waals surface area contributed by atoms with E-state index in [9.17, 15) is 9.59 Å². The molecule has 5 rings (SSSR count). The summed E-state index contributed by atoms with van der Waals surface area (Å²) in [5.41, 5.74) is 4.24. The summed E-state index contributed by atoms with van der Waals surface area (Å²) in [4.78, 5) is 28.9. The van der Waals surface area contributed by atoms with Crippen molar-refractivity contribution in [3.05, 3.63) is 71.4 Å². The number of aromatic amines is 1. The molecule has 160 valence electrons. The van der Waals surface area contributed by atoms with Gasteiger partial charge >= 0.3 is 0 Å². The summed E-state index contributed by atoms with van der Waals surface area (Å²) in [6.07, 6.45) is 1.69. The highest BCUT2D eigenvalue weighted by Gasteiger charge is 2.20. The first kappa shape index (κ1) is 19.7. The Morgan fingerprint density at radius 2 is 2.00 bits per heavy atom. The Labute approximate surface area is 184 Å². The average molecular weight is 427 g/mol. The third-order valence-corrected chi connectivity index (χ3v) is 5.24. The van der Waals surface area contributed by atoms with Crippen LogP contribution in [0.3, 0.4) is 0 Å². The quantitative estimate of drug-likeness (QED) is 0.447. The van der Waals surface area contributed by atoms with Gasteiger partial charge < -0.3 is 15.4 Å². The van der Waals surface area contributed by atoms with E-state index in [1.54, 1.807) is 30.5 Å². The van der Waals surface area contributed by atoms with Gasteiger partial charge in [-0.15, -0.1) is 0 Å². The molecule has 3 heterocycles. The van der Waals surface area contributed by atoms with Crippen molar-refractivity contribution in [3.8, 4) is 17.0 Å². The van der Waals surface area contributed by atoms with E-state index in [1.165, 1.54) is 0 Å². The minimum atomic E-state index is -0.336. The van der Waals surface area contributed by atoms with Crippen LogP contribution >= 0.6 is 0 Å². The molecule has 1 aliphatic heterocycles. The van der Waals surface area contributed by atoms with Gasteiger partial charge in [-0.1, -0.05) is 6.07 Å². The molecular formula is C24H21N5O3. The first-order chi connectivity index (χ1) is 15.5. The molecule has 3 N–H and O–H groups in total. The van der Waals surface area contributed by atoms with Crippen LogP contribution in [-0.4, -0.2) is 33.1 Å². The monoisotopic (exact) mass is 427 g/mol. The molecule has 0 fully saturated rings. The van der Waals surface area contributed by atoms with Crippen LogP contribution in [-0.2, 0) is 6.54 Å². The maximum atomic E-state index is 12.8. The average Bonchev–Trinajstić information content (AvgIpc) is 3.36. The van der Waals surface area contributed by atoms with Crippen molar-refractivity contribution in [3.63, 3.8) is 0 Å². The molecule has 8 nitrogen and oxygen atoms in total. The van der Waals surface area contributed by atoms with Gasteiger partial charge in [0.2, 0.25) is 0 Å². The van der Waals surface area contributed by atoms with Crippen LogP contribution in [0.4, 0.5) is 5.82 Å². The lowest BCUT2D eigenvalue weighted by Crippen LogP contribution is -2.15. The van der Waals surface area contributed by atoms with Gasteiger partial charge in [0.25, 0.3) is 11.8 Å². The number of H-pyrrole nitrogens is 1. The molecule has 32 heavy (non-hydrogen) atoms. The fourth-order valence-electron chi connectivity index (χ4n) is 3.75. The second-order valence-electron chi connectivity index (χ2n) is 7.88. The summed E-state index contributed by atoms with van der Waals surface area (Å²) in [5, 5.41) is 13.9. The number of rotatable bonds is 5. The van der Waals surface area contributed by atoms with Crippen molar-refractivity contribution >= 4 is 28.5 Å². The topological polar surface area (TPSA) is 109 Å². The third kappa shape index (κ3) is 3.66. The lowest BCUT2D eigenvalue weighted by molar-refractivity contribution is 0.0965. The number of aromatic nitrogens is 3. The summed E-state index contributed by atoms with van der Waals surface area (Å²) < 4.78 is 5.81. The fourth-order valence-corrected chi connectivity index (χ4v) is 3.75. The molecule has 0 saturated heterocycles. The summed E-state index contributed by atoms with van der Waals surface area (Å²) in [5.74, 6) is 0.652. The fraction of sp³-hybridized carbons (Fsp3) is 0.167. The van der Waals surface area contributed by atoms with Crippen LogP contribution in [0.2, 0.25) is 0 Å². The highest BCUT2D eigenvalue weighted by molar-refractivity contribution is 6.07. The SMILES string of the molecule is CC(C)Oc1ccc2[nH]nc(-c3ccnc(NC(=O)c4ccc5c(c4)C(=O)NC5)c3)c2c1. The number of carbonyl (C=O) groups excluding carboxylic acids is 2. The van der Waals surface area contributed by atoms with Crippen LogP contribution in [0.25, 0.3) is 22.2 Å². The number of anilines is 1. The molecule has 4 aromatic rings. The number of nitrogens with one attached hydrogen (secondary N) is 3.